The summed E-state index contributed by atoms with van der Waals surface area (Å²) >= 11 is 0. The zero-order valence-corrected chi connectivity index (χ0v) is 22.1. The van der Waals surface area contributed by atoms with E-state index < -0.39 is 0 Å². The number of hydrogen-bond donors (Lipinski definition) is 0. The van der Waals surface area contributed by atoms with E-state index in [4.69, 9.17) is 0 Å². The third-order valence-corrected chi connectivity index (χ3v) is 8.53. The highest BCUT2D eigenvalue weighted by molar-refractivity contribution is 7.72. The lowest BCUT2D eigenvalue weighted by molar-refractivity contribution is 1.17. The molecular formula is C32H37P. The summed E-state index contributed by atoms with van der Waals surface area (Å²) in [6.07, 6.45) is 1.01. The molecule has 0 N–H and O–H groups in total. The Morgan fingerprint density at radius 3 is 1.42 bits per heavy atom. The van der Waals surface area contributed by atoms with Crippen molar-refractivity contribution in [1.29, 1.82) is 0 Å². The molecule has 4 aromatic carbocycles. The minimum Gasteiger partial charge on any atom is -0.0590 e. The fourth-order valence-electron chi connectivity index (χ4n) is 3.80. The van der Waals surface area contributed by atoms with Gasteiger partial charge in [-0.25, -0.2) is 0 Å². The lowest BCUT2D eigenvalue weighted by Crippen LogP contribution is -2.10. The molecule has 1 unspecified atom stereocenters. The molecule has 0 saturated heterocycles. The molecule has 0 aliphatic rings. The smallest absolute Gasteiger partial charge is 0.00257 e. The largest absolute Gasteiger partial charge is 0.0590 e. The normalized spacial score (nSPS) is 11.5. The van der Waals surface area contributed by atoms with Gasteiger partial charge in [0.1, 0.15) is 0 Å². The molecule has 0 nitrogen and oxygen atoms in total. The van der Waals surface area contributed by atoms with E-state index in [2.05, 4.69) is 133 Å². The summed E-state index contributed by atoms with van der Waals surface area (Å²) < 4.78 is 0. The van der Waals surface area contributed by atoms with Crippen LogP contribution in [0.1, 0.15) is 44.5 Å². The number of rotatable bonds is 4. The minimum absolute atomic E-state index is 0.264. The molecule has 0 amide bonds. The predicted octanol–water partition coefficient (Wildman–Crippen LogP) is 7.88. The first-order valence-corrected chi connectivity index (χ1v) is 13.5. The maximum Gasteiger partial charge on any atom is -0.00257 e. The standard InChI is InChI=1S/C23H25P.C9H12/c1-17-5-11-22(12-6-17)24(4)23-13-9-20(10-14-23)16-21-8-7-18(2)19(3)15-21;1-7-4-5-8(2)9(3)6-7/h5-15H,16H2,1-4H3;4-6H,1-3H3. The topological polar surface area (TPSA) is 0 Å². The summed E-state index contributed by atoms with van der Waals surface area (Å²) in [4.78, 5) is 0. The molecule has 4 aromatic rings. The van der Waals surface area contributed by atoms with Gasteiger partial charge in [-0.05, 0) is 107 Å². The molecule has 170 valence electrons. The van der Waals surface area contributed by atoms with E-state index in [1.54, 1.807) is 0 Å². The predicted molar refractivity (Wildman–Crippen MR) is 149 cm³/mol. The molecular weight excluding hydrogens is 415 g/mol. The van der Waals surface area contributed by atoms with Crippen molar-refractivity contribution in [1.82, 2.24) is 0 Å². The highest BCUT2D eigenvalue weighted by Crippen LogP contribution is 2.28. The Bertz CT molecular complexity index is 1180. The quantitative estimate of drug-likeness (QED) is 0.276. The van der Waals surface area contributed by atoms with Crippen molar-refractivity contribution in [2.45, 2.75) is 48.0 Å². The van der Waals surface area contributed by atoms with Gasteiger partial charge in [0.15, 0.2) is 0 Å². The fraction of sp³-hybridized carbons (Fsp3) is 0.250. The highest BCUT2D eigenvalue weighted by Gasteiger charge is 2.08. The number of aryl methyl sites for hydroxylation is 6. The van der Waals surface area contributed by atoms with E-state index in [9.17, 15) is 0 Å². The van der Waals surface area contributed by atoms with Gasteiger partial charge in [-0.3, -0.25) is 0 Å². The Morgan fingerprint density at radius 2 is 0.909 bits per heavy atom. The van der Waals surface area contributed by atoms with Crippen molar-refractivity contribution in [2.24, 2.45) is 0 Å². The molecule has 0 aliphatic heterocycles. The van der Waals surface area contributed by atoms with Crippen molar-refractivity contribution >= 4 is 18.5 Å². The molecule has 0 saturated carbocycles. The van der Waals surface area contributed by atoms with Crippen LogP contribution in [0.4, 0.5) is 0 Å². The summed E-state index contributed by atoms with van der Waals surface area (Å²) in [7, 11) is -0.264. The molecule has 0 radical (unpaired) electrons. The second-order valence-corrected chi connectivity index (χ2v) is 11.4. The molecule has 0 spiro atoms. The Kier molecular flexibility index (Phi) is 8.65. The Morgan fingerprint density at radius 1 is 0.455 bits per heavy atom. The molecule has 0 aliphatic carbocycles. The Labute approximate surface area is 202 Å². The van der Waals surface area contributed by atoms with E-state index in [0.717, 1.165) is 6.42 Å². The van der Waals surface area contributed by atoms with Crippen LogP contribution >= 0.6 is 7.92 Å². The summed E-state index contributed by atoms with van der Waals surface area (Å²) in [6.45, 7) is 15.2. The van der Waals surface area contributed by atoms with Crippen LogP contribution in [-0.2, 0) is 6.42 Å². The zero-order chi connectivity index (χ0) is 24.0. The van der Waals surface area contributed by atoms with Crippen LogP contribution in [0.15, 0.2) is 84.9 Å². The van der Waals surface area contributed by atoms with Crippen LogP contribution in [-0.4, -0.2) is 6.66 Å². The summed E-state index contributed by atoms with van der Waals surface area (Å²) in [5.41, 5.74) is 10.9. The third-order valence-electron chi connectivity index (χ3n) is 6.39. The van der Waals surface area contributed by atoms with Crippen LogP contribution in [0.5, 0.6) is 0 Å². The van der Waals surface area contributed by atoms with Crippen molar-refractivity contribution in [2.75, 3.05) is 6.66 Å². The summed E-state index contributed by atoms with van der Waals surface area (Å²) in [5.74, 6) is 0. The lowest BCUT2D eigenvalue weighted by Gasteiger charge is -2.14. The van der Waals surface area contributed by atoms with E-state index in [0.29, 0.717) is 0 Å². The highest BCUT2D eigenvalue weighted by atomic mass is 31.1. The molecule has 1 heteroatoms. The van der Waals surface area contributed by atoms with Crippen LogP contribution in [0.3, 0.4) is 0 Å². The van der Waals surface area contributed by atoms with Crippen LogP contribution in [0, 0.1) is 41.5 Å². The molecule has 4 rings (SSSR count). The monoisotopic (exact) mass is 452 g/mol. The first-order chi connectivity index (χ1) is 15.7. The van der Waals surface area contributed by atoms with Gasteiger partial charge in [0.05, 0.1) is 0 Å². The average molecular weight is 453 g/mol. The first kappa shape index (κ1) is 24.9. The van der Waals surface area contributed by atoms with Gasteiger partial charge in [-0.15, -0.1) is 0 Å². The van der Waals surface area contributed by atoms with Gasteiger partial charge in [-0.1, -0.05) is 96.1 Å². The zero-order valence-electron chi connectivity index (χ0n) is 21.2. The Balaban J connectivity index is 0.000000286. The third kappa shape index (κ3) is 7.15. The van der Waals surface area contributed by atoms with E-state index in [1.165, 1.54) is 55.1 Å². The SMILES string of the molecule is Cc1ccc(C)c(C)c1.Cc1ccc(P(C)c2ccc(Cc3ccc(C)c(C)c3)cc2)cc1. The minimum atomic E-state index is -0.264. The molecule has 0 fully saturated rings. The maximum atomic E-state index is 2.35. The lowest BCUT2D eigenvalue weighted by atomic mass is 10.0. The second kappa shape index (κ2) is 11.4. The van der Waals surface area contributed by atoms with Gasteiger partial charge in [0.2, 0.25) is 0 Å². The molecule has 1 atom stereocenters. The van der Waals surface area contributed by atoms with Gasteiger partial charge in [0.25, 0.3) is 0 Å². The van der Waals surface area contributed by atoms with Gasteiger partial charge >= 0.3 is 0 Å². The first-order valence-electron chi connectivity index (χ1n) is 11.7. The fourth-order valence-corrected chi connectivity index (χ4v) is 5.29. The molecule has 33 heavy (non-hydrogen) atoms. The van der Waals surface area contributed by atoms with Gasteiger partial charge in [0, 0.05) is 0 Å². The van der Waals surface area contributed by atoms with Crippen LogP contribution in [0.2, 0.25) is 0 Å². The van der Waals surface area contributed by atoms with Crippen molar-refractivity contribution in [3.63, 3.8) is 0 Å². The Hall–Kier alpha value is -2.69. The summed E-state index contributed by atoms with van der Waals surface area (Å²) in [5, 5.41) is 2.88. The van der Waals surface area contributed by atoms with E-state index >= 15 is 0 Å². The summed E-state index contributed by atoms with van der Waals surface area (Å²) in [6, 6.07) is 31.4. The second-order valence-electron chi connectivity index (χ2n) is 9.24. The van der Waals surface area contributed by atoms with E-state index in [1.807, 2.05) is 0 Å². The average Bonchev–Trinajstić information content (AvgIpc) is 2.80. The van der Waals surface area contributed by atoms with Gasteiger partial charge < -0.3 is 0 Å². The molecule has 0 aromatic heterocycles. The molecule has 0 heterocycles. The van der Waals surface area contributed by atoms with Gasteiger partial charge in [-0.2, -0.15) is 0 Å². The van der Waals surface area contributed by atoms with E-state index in [-0.39, 0.29) is 7.92 Å². The maximum absolute atomic E-state index is 2.35. The number of benzene rings is 4. The number of hydrogen-bond acceptors (Lipinski definition) is 0. The molecule has 0 bridgehead atoms. The van der Waals surface area contributed by atoms with Crippen molar-refractivity contribution in [3.05, 3.63) is 129 Å². The van der Waals surface area contributed by atoms with Crippen molar-refractivity contribution in [3.8, 4) is 0 Å². The van der Waals surface area contributed by atoms with Crippen LogP contribution < -0.4 is 10.6 Å². The van der Waals surface area contributed by atoms with Crippen molar-refractivity contribution < 1.29 is 0 Å². The van der Waals surface area contributed by atoms with Crippen LogP contribution in [0.25, 0.3) is 0 Å².